The average molecular weight is 390 g/mol. The molecule has 2 aromatic carbocycles. The second-order valence-electron chi connectivity index (χ2n) is 6.43. The molecule has 6 nitrogen and oxygen atoms in total. The molecular weight excluding hydrogens is 368 g/mol. The lowest BCUT2D eigenvalue weighted by atomic mass is 9.79. The highest BCUT2D eigenvalue weighted by Crippen LogP contribution is 2.43. The Morgan fingerprint density at radius 2 is 1.90 bits per heavy atom. The van der Waals surface area contributed by atoms with E-state index in [9.17, 15) is 10.1 Å². The summed E-state index contributed by atoms with van der Waals surface area (Å²) in [6.45, 7) is 3.59. The molecule has 0 fully saturated rings. The minimum atomic E-state index is -0.689. The highest BCUT2D eigenvalue weighted by Gasteiger charge is 2.37. The Morgan fingerprint density at radius 3 is 2.52 bits per heavy atom. The first-order chi connectivity index (χ1) is 14.0. The zero-order chi connectivity index (χ0) is 21.0. The third-order valence-corrected chi connectivity index (χ3v) is 4.77. The number of hydrogen-bond acceptors (Lipinski definition) is 6. The normalized spacial score (nSPS) is 16.1. The molecule has 0 aliphatic carbocycles. The van der Waals surface area contributed by atoms with Crippen molar-refractivity contribution in [2.45, 2.75) is 19.8 Å². The van der Waals surface area contributed by atoms with Gasteiger partial charge in [0.15, 0.2) is 0 Å². The van der Waals surface area contributed by atoms with Crippen LogP contribution in [0.15, 0.2) is 71.3 Å². The fourth-order valence-corrected chi connectivity index (χ4v) is 3.45. The van der Waals surface area contributed by atoms with E-state index < -0.39 is 11.9 Å². The van der Waals surface area contributed by atoms with Crippen molar-refractivity contribution in [3.05, 3.63) is 76.9 Å². The van der Waals surface area contributed by atoms with Gasteiger partial charge in [0.1, 0.15) is 23.2 Å². The molecule has 0 amide bonds. The first-order valence-electron chi connectivity index (χ1n) is 9.20. The number of hydrogen-bond donors (Lipinski definition) is 1. The van der Waals surface area contributed by atoms with E-state index in [0.717, 1.165) is 22.4 Å². The lowest BCUT2D eigenvalue weighted by Gasteiger charge is -2.28. The first kappa shape index (κ1) is 20.0. The molecule has 1 aliphatic rings. The molecule has 0 saturated heterocycles. The molecule has 148 valence electrons. The van der Waals surface area contributed by atoms with E-state index in [1.807, 2.05) is 48.5 Å². The van der Waals surface area contributed by atoms with Crippen LogP contribution < -0.4 is 10.5 Å². The minimum Gasteiger partial charge on any atom is -0.497 e. The van der Waals surface area contributed by atoms with Gasteiger partial charge >= 0.3 is 5.97 Å². The zero-order valence-corrected chi connectivity index (χ0v) is 16.6. The lowest BCUT2D eigenvalue weighted by molar-refractivity contribution is -0.139. The van der Waals surface area contributed by atoms with Gasteiger partial charge in [0, 0.05) is 0 Å². The van der Waals surface area contributed by atoms with Crippen LogP contribution in [0.4, 0.5) is 0 Å². The number of carbonyl (C=O) groups is 1. The highest BCUT2D eigenvalue weighted by atomic mass is 16.5. The topological polar surface area (TPSA) is 94.6 Å². The van der Waals surface area contributed by atoms with Crippen LogP contribution in [0.25, 0.3) is 11.1 Å². The molecule has 0 saturated carbocycles. The number of methoxy groups -OCH3 is 1. The Balaban J connectivity index is 2.21. The van der Waals surface area contributed by atoms with Crippen molar-refractivity contribution in [1.29, 1.82) is 5.26 Å². The van der Waals surface area contributed by atoms with Crippen molar-refractivity contribution in [3.8, 4) is 22.9 Å². The van der Waals surface area contributed by atoms with Crippen LogP contribution >= 0.6 is 0 Å². The summed E-state index contributed by atoms with van der Waals surface area (Å²) in [7, 11) is 1.61. The monoisotopic (exact) mass is 390 g/mol. The van der Waals surface area contributed by atoms with E-state index in [4.69, 9.17) is 19.9 Å². The fourth-order valence-electron chi connectivity index (χ4n) is 3.45. The Bertz CT molecular complexity index is 1030. The number of nitriles is 1. The van der Waals surface area contributed by atoms with Gasteiger partial charge in [-0.25, -0.2) is 4.79 Å². The van der Waals surface area contributed by atoms with Gasteiger partial charge in [-0.15, -0.1) is 0 Å². The third-order valence-electron chi connectivity index (χ3n) is 4.77. The molecule has 1 unspecified atom stereocenters. The van der Waals surface area contributed by atoms with Gasteiger partial charge in [-0.05, 0) is 42.7 Å². The fraction of sp³-hybridized carbons (Fsp3) is 0.217. The Labute approximate surface area is 169 Å². The van der Waals surface area contributed by atoms with Gasteiger partial charge < -0.3 is 19.9 Å². The van der Waals surface area contributed by atoms with Gasteiger partial charge in [0.2, 0.25) is 5.88 Å². The van der Waals surface area contributed by atoms with Gasteiger partial charge in [-0.2, -0.15) is 5.26 Å². The van der Waals surface area contributed by atoms with Gasteiger partial charge in [-0.3, -0.25) is 0 Å². The summed E-state index contributed by atoms with van der Waals surface area (Å²) in [6, 6.07) is 17.3. The number of nitrogens with two attached hydrogens (primary N) is 1. The van der Waals surface area contributed by atoms with Crippen LogP contribution in [0.5, 0.6) is 5.75 Å². The maximum Gasteiger partial charge on any atom is 0.338 e. The Hall–Kier alpha value is -3.72. The van der Waals surface area contributed by atoms with E-state index in [1.54, 1.807) is 21.0 Å². The summed E-state index contributed by atoms with van der Waals surface area (Å²) in [5, 5.41) is 9.78. The van der Waals surface area contributed by atoms with Crippen LogP contribution in [-0.2, 0) is 14.3 Å². The maximum atomic E-state index is 12.7. The number of ether oxygens (including phenoxy) is 3. The molecule has 1 aliphatic heterocycles. The summed E-state index contributed by atoms with van der Waals surface area (Å²) in [5.41, 5.74) is 9.02. The largest absolute Gasteiger partial charge is 0.497 e. The predicted molar refractivity (Wildman–Crippen MR) is 108 cm³/mol. The molecule has 29 heavy (non-hydrogen) atoms. The molecule has 1 atom stereocenters. The van der Waals surface area contributed by atoms with E-state index in [0.29, 0.717) is 5.76 Å². The Morgan fingerprint density at radius 1 is 1.21 bits per heavy atom. The predicted octanol–water partition coefficient (Wildman–Crippen LogP) is 4.01. The van der Waals surface area contributed by atoms with Crippen LogP contribution in [0.3, 0.4) is 0 Å². The molecular formula is C23H22N2O4. The van der Waals surface area contributed by atoms with E-state index in [2.05, 4.69) is 6.07 Å². The second kappa shape index (κ2) is 8.53. The number of rotatable bonds is 5. The number of benzene rings is 2. The second-order valence-corrected chi connectivity index (χ2v) is 6.43. The lowest BCUT2D eigenvalue weighted by Crippen LogP contribution is -2.25. The number of allylic oxidation sites excluding steroid dienone is 2. The van der Waals surface area contributed by atoms with Crippen molar-refractivity contribution in [2.75, 3.05) is 13.7 Å². The summed E-state index contributed by atoms with van der Waals surface area (Å²) < 4.78 is 16.0. The van der Waals surface area contributed by atoms with Crippen molar-refractivity contribution in [1.82, 2.24) is 0 Å². The van der Waals surface area contributed by atoms with E-state index in [1.165, 1.54) is 0 Å². The molecule has 3 rings (SSSR count). The zero-order valence-electron chi connectivity index (χ0n) is 16.6. The quantitative estimate of drug-likeness (QED) is 0.775. The summed E-state index contributed by atoms with van der Waals surface area (Å²) in [6.07, 6.45) is 0. The van der Waals surface area contributed by atoms with Gasteiger partial charge in [0.05, 0.1) is 25.2 Å². The van der Waals surface area contributed by atoms with Gasteiger partial charge in [-0.1, -0.05) is 36.4 Å². The van der Waals surface area contributed by atoms with Crippen molar-refractivity contribution in [3.63, 3.8) is 0 Å². The Kier molecular flexibility index (Phi) is 5.89. The van der Waals surface area contributed by atoms with Crippen LogP contribution in [0, 0.1) is 11.3 Å². The minimum absolute atomic E-state index is 0.00687. The molecule has 2 aromatic rings. The van der Waals surface area contributed by atoms with E-state index >= 15 is 0 Å². The highest BCUT2D eigenvalue weighted by molar-refractivity contribution is 5.93. The molecule has 0 aromatic heterocycles. The van der Waals surface area contributed by atoms with Crippen molar-refractivity contribution in [2.24, 2.45) is 5.73 Å². The maximum absolute atomic E-state index is 12.7. The number of nitrogens with zero attached hydrogens (tertiary/aromatic N) is 1. The average Bonchev–Trinajstić information content (AvgIpc) is 2.73. The summed E-state index contributed by atoms with van der Waals surface area (Å²) in [5.74, 6) is -0.157. The number of carbonyl (C=O) groups excluding carboxylic acids is 1. The van der Waals surface area contributed by atoms with Crippen LogP contribution in [-0.4, -0.2) is 19.7 Å². The third kappa shape index (κ3) is 3.81. The molecule has 2 N–H and O–H groups in total. The van der Waals surface area contributed by atoms with E-state index in [-0.39, 0.29) is 23.6 Å². The standard InChI is InChI=1S/C23H22N2O4/c1-4-28-23(26)20-14(2)29-22(25)19(13-24)21(20)18-8-6-5-7-17(18)15-9-11-16(27-3)12-10-15/h5-12,21H,4,25H2,1-3H3. The van der Waals surface area contributed by atoms with Gasteiger partial charge in [0.25, 0.3) is 0 Å². The SMILES string of the molecule is CCOC(=O)C1=C(C)OC(N)=C(C#N)C1c1ccccc1-c1ccc(OC)cc1. The molecule has 0 bridgehead atoms. The molecule has 1 heterocycles. The number of esters is 1. The van der Waals surface area contributed by atoms with Crippen LogP contribution in [0.1, 0.15) is 25.3 Å². The smallest absolute Gasteiger partial charge is 0.338 e. The molecule has 6 heteroatoms. The van der Waals surface area contributed by atoms with Crippen molar-refractivity contribution >= 4 is 5.97 Å². The van der Waals surface area contributed by atoms with Crippen molar-refractivity contribution < 1.29 is 19.0 Å². The summed E-state index contributed by atoms with van der Waals surface area (Å²) in [4.78, 5) is 12.7. The van der Waals surface area contributed by atoms with Crippen LogP contribution in [0.2, 0.25) is 0 Å². The summed E-state index contributed by atoms with van der Waals surface area (Å²) >= 11 is 0. The molecule has 0 spiro atoms. The molecule has 0 radical (unpaired) electrons. The first-order valence-corrected chi connectivity index (χ1v) is 9.20.